The summed E-state index contributed by atoms with van der Waals surface area (Å²) in [6.07, 6.45) is 2.30. The highest BCUT2D eigenvalue weighted by Crippen LogP contribution is 2.30. The van der Waals surface area contributed by atoms with E-state index in [0.29, 0.717) is 13.3 Å². The third-order valence-electron chi connectivity index (χ3n) is 5.00. The minimum atomic E-state index is -0.276. The molecule has 1 heterocycles. The molecule has 1 saturated carbocycles. The predicted octanol–water partition coefficient (Wildman–Crippen LogP) is 3.03. The van der Waals surface area contributed by atoms with Crippen molar-refractivity contribution in [3.63, 3.8) is 0 Å². The van der Waals surface area contributed by atoms with Gasteiger partial charge in [-0.3, -0.25) is 5.84 Å². The van der Waals surface area contributed by atoms with E-state index in [9.17, 15) is 0 Å². The summed E-state index contributed by atoms with van der Waals surface area (Å²) in [5, 5.41) is 5.05. The summed E-state index contributed by atoms with van der Waals surface area (Å²) in [6, 6.07) is 16.4. The Morgan fingerprint density at radius 3 is 2.46 bits per heavy atom. The summed E-state index contributed by atoms with van der Waals surface area (Å²) in [5.41, 5.74) is 3.37. The Balaban J connectivity index is 1.42. The van der Waals surface area contributed by atoms with E-state index >= 15 is 0 Å². The van der Waals surface area contributed by atoms with Gasteiger partial charge in [-0.15, -0.1) is 0 Å². The summed E-state index contributed by atoms with van der Waals surface area (Å²) >= 11 is 0. The summed E-state index contributed by atoms with van der Waals surface area (Å²) < 4.78 is 5.81. The van der Waals surface area contributed by atoms with Gasteiger partial charge in [0.15, 0.2) is 13.0 Å². The molecule has 1 aliphatic carbocycles. The summed E-state index contributed by atoms with van der Waals surface area (Å²) in [4.78, 5) is 12.5. The van der Waals surface area contributed by atoms with Crippen LogP contribution in [0.3, 0.4) is 0 Å². The molecule has 0 radical (unpaired) electrons. The maximum Gasteiger partial charge on any atom is 0.154 e. The van der Waals surface area contributed by atoms with Crippen molar-refractivity contribution in [2.45, 2.75) is 32.6 Å². The lowest BCUT2D eigenvalue weighted by atomic mass is 10.1. The molecular weight excluding hydrogens is 356 g/mol. The van der Waals surface area contributed by atoms with Crippen LogP contribution < -0.4 is 15.9 Å². The van der Waals surface area contributed by atoms with Gasteiger partial charge in [0.05, 0.1) is 6.61 Å². The number of hydrogen-bond acceptors (Lipinski definition) is 7. The van der Waals surface area contributed by atoms with Gasteiger partial charge in [-0.25, -0.2) is 14.7 Å². The first-order valence-corrected chi connectivity index (χ1v) is 9.72. The van der Waals surface area contributed by atoms with E-state index in [1.807, 2.05) is 24.3 Å². The lowest BCUT2D eigenvalue weighted by Gasteiger charge is -2.34. The molecule has 7 heteroatoms. The Labute approximate surface area is 165 Å². The van der Waals surface area contributed by atoms with Crippen LogP contribution in [0.15, 0.2) is 48.5 Å². The molecule has 0 spiro atoms. The number of hydrogen-bond donors (Lipinski definition) is 2. The van der Waals surface area contributed by atoms with Crippen LogP contribution >= 0.6 is 0 Å². The number of aryl methyl sites for hydroxylation is 1. The second-order valence-corrected chi connectivity index (χ2v) is 7.54. The Kier molecular flexibility index (Phi) is 6.09. The van der Waals surface area contributed by atoms with Crippen LogP contribution in [0.2, 0.25) is 0 Å². The first-order chi connectivity index (χ1) is 13.7. The Hall–Kier alpha value is -2.16. The smallest absolute Gasteiger partial charge is 0.154 e. The van der Waals surface area contributed by atoms with Crippen molar-refractivity contribution in [2.24, 2.45) is 11.8 Å². The average Bonchev–Trinajstić information content (AvgIpc) is 3.54. The van der Waals surface area contributed by atoms with Crippen LogP contribution in [0.25, 0.3) is 0 Å². The second kappa shape index (κ2) is 8.89. The van der Waals surface area contributed by atoms with Crippen LogP contribution in [-0.4, -0.2) is 36.3 Å². The number of hydrazine groups is 1. The zero-order valence-corrected chi connectivity index (χ0v) is 16.2. The molecule has 1 unspecified atom stereocenters. The van der Waals surface area contributed by atoms with Crippen LogP contribution in [0.5, 0.6) is 5.75 Å². The van der Waals surface area contributed by atoms with E-state index < -0.39 is 0 Å². The number of benzene rings is 2. The Morgan fingerprint density at radius 2 is 1.75 bits per heavy atom. The fraction of sp³-hybridized carbons (Fsp3) is 0.429. The lowest BCUT2D eigenvalue weighted by molar-refractivity contribution is -0.314. The highest BCUT2D eigenvalue weighted by molar-refractivity contribution is 5.47. The van der Waals surface area contributed by atoms with E-state index in [2.05, 4.69) is 41.4 Å². The number of ether oxygens (including phenoxy) is 1. The molecule has 2 aromatic carbocycles. The molecule has 28 heavy (non-hydrogen) atoms. The molecule has 2 aliphatic rings. The largest absolute Gasteiger partial charge is 0.493 e. The van der Waals surface area contributed by atoms with Crippen molar-refractivity contribution in [1.82, 2.24) is 9.91 Å². The maximum atomic E-state index is 6.21. The van der Waals surface area contributed by atoms with Gasteiger partial charge in [0.1, 0.15) is 12.5 Å². The highest BCUT2D eigenvalue weighted by atomic mass is 17.2. The van der Waals surface area contributed by atoms with Gasteiger partial charge in [0.2, 0.25) is 0 Å². The van der Waals surface area contributed by atoms with E-state index in [1.54, 1.807) is 5.01 Å². The minimum absolute atomic E-state index is 0.171. The molecule has 0 bridgehead atoms. The summed E-state index contributed by atoms with van der Waals surface area (Å²) in [7, 11) is 0. The van der Waals surface area contributed by atoms with Gasteiger partial charge in [-0.05, 0) is 55.5 Å². The SMILES string of the molecule is Cc1ccc(CN2COOCN(N)C2Nc2ccc(OCC3CC3)cc2)cc1. The number of rotatable bonds is 7. The molecule has 150 valence electrons. The van der Waals surface area contributed by atoms with Crippen LogP contribution in [0.1, 0.15) is 24.0 Å². The topological polar surface area (TPSA) is 72.2 Å². The standard InChI is InChI=1S/C21H28N4O3/c1-16-2-4-17(5-3-16)12-24-14-27-28-15-25(22)21(24)23-19-8-10-20(11-9-19)26-13-18-6-7-18/h2-5,8-11,18,21,23H,6-7,12-15,22H2,1H3. The van der Waals surface area contributed by atoms with E-state index in [-0.39, 0.29) is 13.0 Å². The van der Waals surface area contributed by atoms with Crippen LogP contribution in [0, 0.1) is 12.8 Å². The van der Waals surface area contributed by atoms with E-state index in [0.717, 1.165) is 24.0 Å². The highest BCUT2D eigenvalue weighted by Gasteiger charge is 2.27. The van der Waals surface area contributed by atoms with Crippen molar-refractivity contribution < 1.29 is 14.5 Å². The third kappa shape index (κ3) is 5.21. The Bertz CT molecular complexity index is 749. The first kappa shape index (κ1) is 19.2. The number of nitrogens with zero attached hydrogens (tertiary/aromatic N) is 2. The summed E-state index contributed by atoms with van der Waals surface area (Å²) in [6.45, 7) is 4.05. The van der Waals surface area contributed by atoms with Gasteiger partial charge in [-0.1, -0.05) is 29.8 Å². The van der Waals surface area contributed by atoms with Gasteiger partial charge in [-0.2, -0.15) is 5.01 Å². The third-order valence-corrected chi connectivity index (χ3v) is 5.00. The number of anilines is 1. The van der Waals surface area contributed by atoms with Crippen LogP contribution in [0.4, 0.5) is 5.69 Å². The zero-order chi connectivity index (χ0) is 19.3. The molecule has 2 aromatic rings. The van der Waals surface area contributed by atoms with Gasteiger partial charge >= 0.3 is 0 Å². The quantitative estimate of drug-likeness (QED) is 0.561. The molecule has 1 atom stereocenters. The normalized spacial score (nSPS) is 21.3. The fourth-order valence-corrected chi connectivity index (χ4v) is 3.08. The van der Waals surface area contributed by atoms with Crippen molar-refractivity contribution in [3.05, 3.63) is 59.7 Å². The first-order valence-electron chi connectivity index (χ1n) is 9.72. The molecule has 1 aliphatic heterocycles. The van der Waals surface area contributed by atoms with Crippen molar-refractivity contribution in [1.29, 1.82) is 0 Å². The molecule has 3 N–H and O–H groups in total. The molecule has 1 saturated heterocycles. The van der Waals surface area contributed by atoms with Crippen molar-refractivity contribution >= 4 is 5.69 Å². The molecular formula is C21H28N4O3. The molecule has 0 amide bonds. The molecule has 7 nitrogen and oxygen atoms in total. The van der Waals surface area contributed by atoms with Crippen molar-refractivity contribution in [2.75, 3.05) is 25.4 Å². The second-order valence-electron chi connectivity index (χ2n) is 7.54. The molecule has 4 rings (SSSR count). The minimum Gasteiger partial charge on any atom is -0.493 e. The van der Waals surface area contributed by atoms with E-state index in [4.69, 9.17) is 20.4 Å². The lowest BCUT2D eigenvalue weighted by Crippen LogP contribution is -2.54. The van der Waals surface area contributed by atoms with Gasteiger partial charge in [0, 0.05) is 12.2 Å². The maximum absolute atomic E-state index is 6.21. The monoisotopic (exact) mass is 384 g/mol. The zero-order valence-electron chi connectivity index (χ0n) is 16.2. The van der Waals surface area contributed by atoms with Gasteiger partial charge in [0.25, 0.3) is 0 Å². The predicted molar refractivity (Wildman–Crippen MR) is 107 cm³/mol. The van der Waals surface area contributed by atoms with Crippen LogP contribution in [-0.2, 0) is 16.3 Å². The number of nitrogens with one attached hydrogen (secondary N) is 1. The average molecular weight is 384 g/mol. The van der Waals surface area contributed by atoms with Crippen molar-refractivity contribution in [3.8, 4) is 5.75 Å². The van der Waals surface area contributed by atoms with Gasteiger partial charge < -0.3 is 10.1 Å². The molecule has 2 fully saturated rings. The van der Waals surface area contributed by atoms with E-state index in [1.165, 1.54) is 24.0 Å². The Morgan fingerprint density at radius 1 is 1.04 bits per heavy atom. The summed E-state index contributed by atoms with van der Waals surface area (Å²) in [5.74, 6) is 7.85. The number of nitrogens with two attached hydrogens (primary N) is 1. The fourth-order valence-electron chi connectivity index (χ4n) is 3.08. The molecule has 0 aromatic heterocycles.